The zero-order chi connectivity index (χ0) is 13.8. The van der Waals surface area contributed by atoms with Crippen molar-refractivity contribution in [2.75, 3.05) is 13.1 Å². The zero-order valence-electron chi connectivity index (χ0n) is 11.3. The summed E-state index contributed by atoms with van der Waals surface area (Å²) in [5.41, 5.74) is 3.88. The number of amidine groups is 1. The fourth-order valence-electron chi connectivity index (χ4n) is 2.49. The highest BCUT2D eigenvalue weighted by Gasteiger charge is 2.10. The highest BCUT2D eigenvalue weighted by atomic mass is 35.5. The number of halogens is 1. The van der Waals surface area contributed by atoms with Gasteiger partial charge in [0.1, 0.15) is 5.84 Å². The van der Waals surface area contributed by atoms with Crippen molar-refractivity contribution in [3.63, 3.8) is 0 Å². The molecule has 1 aliphatic heterocycles. The molecule has 2 aromatic carbocycles. The van der Waals surface area contributed by atoms with Gasteiger partial charge in [-0.2, -0.15) is 0 Å². The summed E-state index contributed by atoms with van der Waals surface area (Å²) in [4.78, 5) is 4.47. The van der Waals surface area contributed by atoms with E-state index >= 15 is 0 Å². The van der Waals surface area contributed by atoms with Gasteiger partial charge in [0.15, 0.2) is 0 Å². The Morgan fingerprint density at radius 2 is 1.85 bits per heavy atom. The van der Waals surface area contributed by atoms with E-state index in [9.17, 15) is 0 Å². The summed E-state index contributed by atoms with van der Waals surface area (Å²) in [5.74, 6) is 1.08. The smallest absolute Gasteiger partial charge is 0.101 e. The van der Waals surface area contributed by atoms with Gasteiger partial charge in [0, 0.05) is 18.0 Å². The Balaban J connectivity index is 1.86. The third-order valence-electron chi connectivity index (χ3n) is 3.51. The lowest BCUT2D eigenvalue weighted by Crippen LogP contribution is -2.21. The van der Waals surface area contributed by atoms with Gasteiger partial charge in [-0.3, -0.25) is 4.99 Å². The van der Waals surface area contributed by atoms with Crippen LogP contribution in [0, 0.1) is 0 Å². The van der Waals surface area contributed by atoms with E-state index in [4.69, 9.17) is 11.6 Å². The molecule has 0 aromatic heterocycles. The zero-order valence-corrected chi connectivity index (χ0v) is 12.0. The second kappa shape index (κ2) is 6.10. The van der Waals surface area contributed by atoms with Crippen LogP contribution < -0.4 is 5.32 Å². The van der Waals surface area contributed by atoms with Crippen molar-refractivity contribution >= 4 is 17.4 Å². The molecule has 20 heavy (non-hydrogen) atoms. The average molecular weight is 285 g/mol. The molecule has 0 saturated carbocycles. The summed E-state index contributed by atoms with van der Waals surface area (Å²) in [7, 11) is 0. The van der Waals surface area contributed by atoms with Crippen LogP contribution >= 0.6 is 11.6 Å². The van der Waals surface area contributed by atoms with Crippen LogP contribution in [0.3, 0.4) is 0 Å². The largest absolute Gasteiger partial charge is 0.372 e. The van der Waals surface area contributed by atoms with Gasteiger partial charge in [-0.25, -0.2) is 0 Å². The van der Waals surface area contributed by atoms with E-state index in [0.29, 0.717) is 0 Å². The molecule has 102 valence electrons. The van der Waals surface area contributed by atoms with Crippen molar-refractivity contribution in [2.45, 2.75) is 12.8 Å². The first kappa shape index (κ1) is 13.2. The number of nitrogens with one attached hydrogen (secondary N) is 1. The van der Waals surface area contributed by atoms with Crippen LogP contribution in [0.4, 0.5) is 0 Å². The molecular weight excluding hydrogens is 268 g/mol. The third-order valence-corrected chi connectivity index (χ3v) is 3.74. The summed E-state index contributed by atoms with van der Waals surface area (Å²) in [5, 5.41) is 4.12. The minimum Gasteiger partial charge on any atom is -0.372 e. The van der Waals surface area contributed by atoms with Crippen molar-refractivity contribution < 1.29 is 0 Å². The van der Waals surface area contributed by atoms with Gasteiger partial charge in [-0.05, 0) is 35.2 Å². The molecule has 1 aliphatic rings. The standard InChI is InChI=1S/C17H17ClN2/c18-16-7-6-14(12-17-19-8-9-20-17)15(11-16)10-13-4-2-1-3-5-13/h1-7,11H,8-10,12H2,(H,19,20). The van der Waals surface area contributed by atoms with Gasteiger partial charge < -0.3 is 5.32 Å². The van der Waals surface area contributed by atoms with E-state index in [2.05, 4.69) is 46.7 Å². The number of aliphatic imine (C=N–C) groups is 1. The Morgan fingerprint density at radius 3 is 2.60 bits per heavy atom. The maximum absolute atomic E-state index is 6.15. The second-order valence-electron chi connectivity index (χ2n) is 5.01. The van der Waals surface area contributed by atoms with Crippen LogP contribution in [0.25, 0.3) is 0 Å². The second-order valence-corrected chi connectivity index (χ2v) is 5.44. The highest BCUT2D eigenvalue weighted by Crippen LogP contribution is 2.20. The van der Waals surface area contributed by atoms with E-state index in [0.717, 1.165) is 36.8 Å². The van der Waals surface area contributed by atoms with Gasteiger partial charge >= 0.3 is 0 Å². The van der Waals surface area contributed by atoms with E-state index < -0.39 is 0 Å². The molecule has 3 heteroatoms. The molecule has 0 amide bonds. The first-order chi connectivity index (χ1) is 9.81. The molecule has 3 rings (SSSR count). The molecule has 2 aromatic rings. The molecule has 0 spiro atoms. The minimum atomic E-state index is 0.793. The van der Waals surface area contributed by atoms with Crippen LogP contribution in [0.1, 0.15) is 16.7 Å². The molecule has 0 saturated heterocycles. The minimum absolute atomic E-state index is 0.793. The van der Waals surface area contributed by atoms with Gasteiger partial charge in [0.2, 0.25) is 0 Å². The summed E-state index contributed by atoms with van der Waals surface area (Å²) in [6.45, 7) is 1.84. The first-order valence-electron chi connectivity index (χ1n) is 6.90. The third kappa shape index (κ3) is 3.20. The van der Waals surface area contributed by atoms with Gasteiger partial charge in [0.25, 0.3) is 0 Å². The first-order valence-corrected chi connectivity index (χ1v) is 7.27. The van der Waals surface area contributed by atoms with Crippen LogP contribution in [0.2, 0.25) is 5.02 Å². The van der Waals surface area contributed by atoms with E-state index in [-0.39, 0.29) is 0 Å². The predicted octanol–water partition coefficient (Wildman–Crippen LogP) is 3.48. The molecule has 0 unspecified atom stereocenters. The number of hydrogen-bond donors (Lipinski definition) is 1. The van der Waals surface area contributed by atoms with Crippen molar-refractivity contribution in [2.24, 2.45) is 4.99 Å². The lowest BCUT2D eigenvalue weighted by Gasteiger charge is -2.11. The molecule has 1 heterocycles. The summed E-state index contributed by atoms with van der Waals surface area (Å²) in [6, 6.07) is 16.6. The van der Waals surface area contributed by atoms with Crippen molar-refractivity contribution in [3.05, 3.63) is 70.2 Å². The number of nitrogens with zero attached hydrogens (tertiary/aromatic N) is 1. The SMILES string of the molecule is Clc1ccc(CC2=NCCN2)c(Cc2ccccc2)c1. The Bertz CT molecular complexity index is 620. The van der Waals surface area contributed by atoms with Crippen molar-refractivity contribution in [1.82, 2.24) is 5.32 Å². The number of hydrogen-bond acceptors (Lipinski definition) is 2. The summed E-state index contributed by atoms with van der Waals surface area (Å²) in [6.07, 6.45) is 1.77. The van der Waals surface area contributed by atoms with Gasteiger partial charge in [-0.15, -0.1) is 0 Å². The Labute approximate surface area is 124 Å². The van der Waals surface area contributed by atoms with Gasteiger partial charge in [0.05, 0.1) is 6.54 Å². The Hall–Kier alpha value is -1.80. The molecule has 0 radical (unpaired) electrons. The summed E-state index contributed by atoms with van der Waals surface area (Å²) >= 11 is 6.15. The highest BCUT2D eigenvalue weighted by molar-refractivity contribution is 6.30. The lowest BCUT2D eigenvalue weighted by atomic mass is 9.97. The Morgan fingerprint density at radius 1 is 1.00 bits per heavy atom. The summed E-state index contributed by atoms with van der Waals surface area (Å²) < 4.78 is 0. The molecule has 0 aliphatic carbocycles. The fourth-order valence-corrected chi connectivity index (χ4v) is 2.69. The fraction of sp³-hybridized carbons (Fsp3) is 0.235. The molecule has 0 atom stereocenters. The van der Waals surface area contributed by atoms with Crippen LogP contribution in [-0.4, -0.2) is 18.9 Å². The number of benzene rings is 2. The lowest BCUT2D eigenvalue weighted by molar-refractivity contribution is 0.952. The Kier molecular flexibility index (Phi) is 4.03. The van der Waals surface area contributed by atoms with E-state index in [1.165, 1.54) is 16.7 Å². The maximum Gasteiger partial charge on any atom is 0.101 e. The van der Waals surface area contributed by atoms with Crippen molar-refractivity contribution in [3.8, 4) is 0 Å². The molecule has 0 fully saturated rings. The molecule has 1 N–H and O–H groups in total. The van der Waals surface area contributed by atoms with Crippen LogP contribution in [0.15, 0.2) is 53.5 Å². The quantitative estimate of drug-likeness (QED) is 0.913. The normalized spacial score (nSPS) is 13.9. The van der Waals surface area contributed by atoms with Gasteiger partial charge in [-0.1, -0.05) is 48.0 Å². The monoisotopic (exact) mass is 284 g/mol. The molecular formula is C17H17ClN2. The number of rotatable bonds is 4. The average Bonchev–Trinajstić information content (AvgIpc) is 2.96. The van der Waals surface area contributed by atoms with E-state index in [1.807, 2.05) is 12.1 Å². The topological polar surface area (TPSA) is 24.4 Å². The maximum atomic E-state index is 6.15. The van der Waals surface area contributed by atoms with E-state index in [1.54, 1.807) is 0 Å². The van der Waals surface area contributed by atoms with Crippen molar-refractivity contribution in [1.29, 1.82) is 0 Å². The van der Waals surface area contributed by atoms with Crippen LogP contribution in [-0.2, 0) is 12.8 Å². The van der Waals surface area contributed by atoms with Crippen LogP contribution in [0.5, 0.6) is 0 Å². The predicted molar refractivity (Wildman–Crippen MR) is 84.7 cm³/mol. The molecule has 2 nitrogen and oxygen atoms in total. The molecule has 0 bridgehead atoms.